The molecule has 28 heavy (non-hydrogen) atoms. The van der Waals surface area contributed by atoms with E-state index in [2.05, 4.69) is 24.1 Å². The molecule has 0 fully saturated rings. The van der Waals surface area contributed by atoms with Gasteiger partial charge in [0.1, 0.15) is 11.5 Å². The monoisotopic (exact) mass is 406 g/mol. The van der Waals surface area contributed by atoms with Gasteiger partial charge in [0.25, 0.3) is 5.91 Å². The van der Waals surface area contributed by atoms with Crippen molar-refractivity contribution in [1.82, 2.24) is 10.2 Å². The summed E-state index contributed by atoms with van der Waals surface area (Å²) in [6.45, 7) is 9.60. The van der Waals surface area contributed by atoms with E-state index < -0.39 is 9.84 Å². The van der Waals surface area contributed by atoms with Gasteiger partial charge in [-0.05, 0) is 50.7 Å². The quantitative estimate of drug-likeness (QED) is 0.580. The highest BCUT2D eigenvalue weighted by molar-refractivity contribution is 7.89. The van der Waals surface area contributed by atoms with Crippen LogP contribution >= 0.6 is 0 Å². The Labute approximate surface area is 167 Å². The summed E-state index contributed by atoms with van der Waals surface area (Å²) >= 11 is 0. The molecule has 0 spiro atoms. The van der Waals surface area contributed by atoms with Crippen molar-refractivity contribution in [2.75, 3.05) is 26.2 Å². The molecule has 1 heterocycles. The second-order valence-corrected chi connectivity index (χ2v) is 8.99. The second kappa shape index (κ2) is 10.4. The maximum absolute atomic E-state index is 12.4. The van der Waals surface area contributed by atoms with Crippen molar-refractivity contribution in [2.45, 2.75) is 38.7 Å². The molecular weight excluding hydrogens is 376 g/mol. The van der Waals surface area contributed by atoms with Gasteiger partial charge in [0.2, 0.25) is 0 Å². The molecule has 1 N–H and O–H groups in total. The van der Waals surface area contributed by atoms with Crippen LogP contribution in [0.15, 0.2) is 40.8 Å². The molecule has 6 nitrogen and oxygen atoms in total. The third kappa shape index (κ3) is 7.13. The number of hydrogen-bond acceptors (Lipinski definition) is 5. The first kappa shape index (κ1) is 22.2. The molecule has 0 aliphatic carbocycles. The van der Waals surface area contributed by atoms with Crippen LogP contribution in [-0.2, 0) is 21.3 Å². The molecule has 1 amide bonds. The molecule has 0 unspecified atom stereocenters. The molecule has 1 aromatic heterocycles. The van der Waals surface area contributed by atoms with E-state index >= 15 is 0 Å². The summed E-state index contributed by atoms with van der Waals surface area (Å²) in [6.07, 6.45) is 0.853. The van der Waals surface area contributed by atoms with Gasteiger partial charge in [0, 0.05) is 6.54 Å². The van der Waals surface area contributed by atoms with Crippen molar-refractivity contribution < 1.29 is 17.6 Å². The van der Waals surface area contributed by atoms with E-state index in [9.17, 15) is 13.2 Å². The predicted molar refractivity (Wildman–Crippen MR) is 111 cm³/mol. The molecule has 0 atom stereocenters. The molecular formula is C21H30N2O4S. The minimum absolute atomic E-state index is 0.0533. The van der Waals surface area contributed by atoms with E-state index in [0.29, 0.717) is 6.54 Å². The Balaban J connectivity index is 1.86. The van der Waals surface area contributed by atoms with Crippen molar-refractivity contribution in [3.8, 4) is 0 Å². The van der Waals surface area contributed by atoms with Crippen LogP contribution in [0.4, 0.5) is 0 Å². The smallest absolute Gasteiger partial charge is 0.286 e. The molecule has 0 aliphatic rings. The lowest BCUT2D eigenvalue weighted by molar-refractivity contribution is 0.0922. The Morgan fingerprint density at radius 1 is 1.11 bits per heavy atom. The average Bonchev–Trinajstić information content (AvgIpc) is 3.09. The molecule has 0 aliphatic heterocycles. The first-order valence-corrected chi connectivity index (χ1v) is 11.5. The van der Waals surface area contributed by atoms with Gasteiger partial charge in [-0.1, -0.05) is 43.7 Å². The van der Waals surface area contributed by atoms with Crippen LogP contribution in [-0.4, -0.2) is 45.4 Å². The number of carbonyl (C=O) groups excluding carboxylic acids is 1. The van der Waals surface area contributed by atoms with Crippen LogP contribution in [0.5, 0.6) is 0 Å². The van der Waals surface area contributed by atoms with E-state index in [1.165, 1.54) is 6.07 Å². The molecule has 7 heteroatoms. The van der Waals surface area contributed by atoms with Crippen LogP contribution < -0.4 is 5.32 Å². The zero-order valence-electron chi connectivity index (χ0n) is 16.9. The molecule has 1 aromatic carbocycles. The number of sulfone groups is 1. The number of benzene rings is 1. The lowest BCUT2D eigenvalue weighted by atomic mass is 10.2. The van der Waals surface area contributed by atoms with Gasteiger partial charge in [-0.25, -0.2) is 8.42 Å². The molecule has 0 radical (unpaired) electrons. The summed E-state index contributed by atoms with van der Waals surface area (Å²) in [5.41, 5.74) is 1.77. The highest BCUT2D eigenvalue weighted by atomic mass is 32.2. The van der Waals surface area contributed by atoms with Gasteiger partial charge >= 0.3 is 0 Å². The largest absolute Gasteiger partial charge is 0.455 e. The number of hydrogen-bond donors (Lipinski definition) is 1. The Hall–Kier alpha value is -2.12. The first-order chi connectivity index (χ1) is 13.3. The summed E-state index contributed by atoms with van der Waals surface area (Å²) in [6, 6.07) is 10.5. The van der Waals surface area contributed by atoms with E-state index in [1.54, 1.807) is 12.1 Å². The topological polar surface area (TPSA) is 79.6 Å². The van der Waals surface area contributed by atoms with Crippen molar-refractivity contribution >= 4 is 15.7 Å². The maximum Gasteiger partial charge on any atom is 0.286 e. The molecule has 2 rings (SSSR count). The Bertz CT molecular complexity index is 870. The number of aryl methyl sites for hydroxylation is 1. The van der Waals surface area contributed by atoms with Crippen molar-refractivity contribution in [3.05, 3.63) is 59.0 Å². The third-order valence-electron chi connectivity index (χ3n) is 4.55. The van der Waals surface area contributed by atoms with Gasteiger partial charge in [-0.15, -0.1) is 0 Å². The standard InChI is InChI=1S/C21H30N2O4S/c1-4-23(5-2)13-7-12-22-21(24)20-11-10-19(27-20)16-28(25,26)15-18-9-6-8-17(3)14-18/h6,8-11,14H,4-5,7,12-13,15-16H2,1-3H3,(H,22,24). The summed E-state index contributed by atoms with van der Waals surface area (Å²) in [7, 11) is -3.38. The lowest BCUT2D eigenvalue weighted by Crippen LogP contribution is -2.29. The number of nitrogens with one attached hydrogen (secondary N) is 1. The molecule has 0 bridgehead atoms. The van der Waals surface area contributed by atoms with Crippen molar-refractivity contribution in [3.63, 3.8) is 0 Å². The fraction of sp³-hybridized carbons (Fsp3) is 0.476. The minimum Gasteiger partial charge on any atom is -0.455 e. The Morgan fingerprint density at radius 2 is 1.86 bits per heavy atom. The molecule has 0 saturated carbocycles. The average molecular weight is 407 g/mol. The SMILES string of the molecule is CCN(CC)CCCNC(=O)c1ccc(CS(=O)(=O)Cc2cccc(C)c2)o1. The van der Waals surface area contributed by atoms with Gasteiger partial charge in [-0.3, -0.25) is 4.79 Å². The van der Waals surface area contributed by atoms with Crippen LogP contribution in [0.2, 0.25) is 0 Å². The van der Waals surface area contributed by atoms with Gasteiger partial charge < -0.3 is 14.6 Å². The highest BCUT2D eigenvalue weighted by Crippen LogP contribution is 2.16. The summed E-state index contributed by atoms with van der Waals surface area (Å²) in [5, 5.41) is 2.82. The van der Waals surface area contributed by atoms with Crippen molar-refractivity contribution in [2.24, 2.45) is 0 Å². The maximum atomic E-state index is 12.4. The fourth-order valence-corrected chi connectivity index (χ4v) is 4.41. The van der Waals surface area contributed by atoms with Gasteiger partial charge in [0.15, 0.2) is 15.6 Å². The van der Waals surface area contributed by atoms with E-state index in [4.69, 9.17) is 4.42 Å². The summed E-state index contributed by atoms with van der Waals surface area (Å²) < 4.78 is 30.3. The molecule has 154 valence electrons. The zero-order valence-corrected chi connectivity index (χ0v) is 17.7. The third-order valence-corrected chi connectivity index (χ3v) is 6.05. The Kier molecular flexibility index (Phi) is 8.26. The van der Waals surface area contributed by atoms with Crippen LogP contribution in [0.3, 0.4) is 0 Å². The molecule has 0 saturated heterocycles. The fourth-order valence-electron chi connectivity index (χ4n) is 3.03. The van der Waals surface area contributed by atoms with Crippen LogP contribution in [0, 0.1) is 6.92 Å². The normalized spacial score (nSPS) is 11.7. The number of amides is 1. The lowest BCUT2D eigenvalue weighted by Gasteiger charge is -2.17. The van der Waals surface area contributed by atoms with Gasteiger partial charge in [-0.2, -0.15) is 0 Å². The second-order valence-electron chi connectivity index (χ2n) is 6.92. The minimum atomic E-state index is -3.38. The number of furan rings is 1. The van der Waals surface area contributed by atoms with Gasteiger partial charge in [0.05, 0.1) is 5.75 Å². The van der Waals surface area contributed by atoms with E-state index in [-0.39, 0.29) is 28.9 Å². The summed E-state index contributed by atoms with van der Waals surface area (Å²) in [4.78, 5) is 14.5. The first-order valence-electron chi connectivity index (χ1n) is 9.68. The Morgan fingerprint density at radius 3 is 2.54 bits per heavy atom. The number of nitrogens with zero attached hydrogens (tertiary/aromatic N) is 1. The molecule has 2 aromatic rings. The number of rotatable bonds is 11. The van der Waals surface area contributed by atoms with Crippen molar-refractivity contribution in [1.29, 1.82) is 0 Å². The summed E-state index contributed by atoms with van der Waals surface area (Å²) in [5.74, 6) is -0.176. The zero-order chi connectivity index (χ0) is 20.6. The predicted octanol–water partition coefficient (Wildman–Crippen LogP) is 3.16. The van der Waals surface area contributed by atoms with E-state index in [1.807, 2.05) is 25.1 Å². The van der Waals surface area contributed by atoms with Crippen LogP contribution in [0.1, 0.15) is 47.7 Å². The van der Waals surface area contributed by atoms with Crippen LogP contribution in [0.25, 0.3) is 0 Å². The number of carbonyl (C=O) groups is 1. The highest BCUT2D eigenvalue weighted by Gasteiger charge is 2.18. The van der Waals surface area contributed by atoms with E-state index in [0.717, 1.165) is 37.2 Å².